The fraction of sp³-hybridized carbons (Fsp3) is 0.561. The Kier molecular flexibility index (Phi) is 16.7. The van der Waals surface area contributed by atoms with Crippen molar-refractivity contribution in [2.24, 2.45) is 22.7 Å². The molecule has 7 rings (SSSR count). The number of rotatable bonds is 14. The quantitative estimate of drug-likeness (QED) is 0.110. The van der Waals surface area contributed by atoms with Crippen molar-refractivity contribution in [2.75, 3.05) is 18.9 Å². The van der Waals surface area contributed by atoms with E-state index in [1.54, 1.807) is 24.9 Å². The van der Waals surface area contributed by atoms with Crippen molar-refractivity contribution in [3.05, 3.63) is 100 Å². The minimum absolute atomic E-state index is 0.0489. The Morgan fingerprint density at radius 2 is 1.17 bits per heavy atom. The van der Waals surface area contributed by atoms with Gasteiger partial charge in [0.15, 0.2) is 0 Å². The van der Waals surface area contributed by atoms with Gasteiger partial charge < -0.3 is 41.7 Å². The van der Waals surface area contributed by atoms with Gasteiger partial charge in [-0.1, -0.05) is 110 Å². The lowest BCUT2D eigenvalue weighted by Crippen LogP contribution is -2.61. The number of carbonyl (C=O) groups excluding carboxylic acids is 7. The molecule has 388 valence electrons. The van der Waals surface area contributed by atoms with E-state index in [9.17, 15) is 33.6 Å². The standard InChI is InChI=1S/C57H78N8O7/c1-11-33(2)49(66)62-47(56(4,5)6)54(71)64-31-38-28-40(27-26-37(38)29-45(64)52(69)60-43-24-16-20-35-18-12-14-22-41(35)43)59-51(68)39-30-46(53(70)61-44-25-17-21-36-19-13-15-23-42(36)44)65(32-39)55(72)48(57(7,8)9)63-50(67)34(3)58-10/h12-15,18-19,22-23,26-28,33-34,39,43-48,58H,11,16-17,20-21,24-25,29-32H2,1-10H3,(H,59,68)(H,60,69)(H,61,70)(H,62,66)(H,63,67)/t33-,34+,39?,43?,44?,45+,46+,47-,48-/m1/s1. The maximum Gasteiger partial charge on any atom is 0.246 e. The van der Waals surface area contributed by atoms with Crippen molar-refractivity contribution < 1.29 is 33.6 Å². The molecular weight excluding hydrogens is 909 g/mol. The zero-order valence-electron chi connectivity index (χ0n) is 44.1. The number of amides is 7. The third kappa shape index (κ3) is 12.0. The van der Waals surface area contributed by atoms with E-state index in [1.807, 2.05) is 97.9 Å². The molecule has 3 aromatic rings. The number of hydrogen-bond donors (Lipinski definition) is 6. The van der Waals surface area contributed by atoms with Gasteiger partial charge in [0.1, 0.15) is 24.2 Å². The molecule has 15 heteroatoms. The molecule has 1 saturated heterocycles. The van der Waals surface area contributed by atoms with Gasteiger partial charge in [0.05, 0.1) is 24.0 Å². The summed E-state index contributed by atoms with van der Waals surface area (Å²) in [5.74, 6) is -3.54. The van der Waals surface area contributed by atoms with Crippen LogP contribution in [0, 0.1) is 22.7 Å². The molecule has 1 fully saturated rings. The Hall–Kier alpha value is -6.09. The highest BCUT2D eigenvalue weighted by Gasteiger charge is 2.48. The highest BCUT2D eigenvalue weighted by molar-refractivity contribution is 5.98. The first-order valence-corrected chi connectivity index (χ1v) is 26.2. The first kappa shape index (κ1) is 53.7. The predicted molar refractivity (Wildman–Crippen MR) is 278 cm³/mol. The molecule has 0 saturated carbocycles. The van der Waals surface area contributed by atoms with Gasteiger partial charge in [0.25, 0.3) is 0 Å². The van der Waals surface area contributed by atoms with Crippen LogP contribution in [0.2, 0.25) is 0 Å². The van der Waals surface area contributed by atoms with Crippen LogP contribution >= 0.6 is 0 Å². The second kappa shape index (κ2) is 22.4. The molecule has 3 unspecified atom stereocenters. The second-order valence-corrected chi connectivity index (χ2v) is 22.8. The summed E-state index contributed by atoms with van der Waals surface area (Å²) in [7, 11) is 1.66. The van der Waals surface area contributed by atoms with Gasteiger partial charge in [0, 0.05) is 31.1 Å². The molecule has 2 aliphatic heterocycles. The Balaban J connectivity index is 1.16. The molecule has 0 radical (unpaired) electrons. The third-order valence-electron chi connectivity index (χ3n) is 15.5. The van der Waals surface area contributed by atoms with E-state index in [-0.39, 0.29) is 79.4 Å². The average molecular weight is 987 g/mol. The molecule has 0 aromatic heterocycles. The summed E-state index contributed by atoms with van der Waals surface area (Å²) in [4.78, 5) is 103. The van der Waals surface area contributed by atoms with Crippen LogP contribution in [-0.2, 0) is 59.4 Å². The maximum absolute atomic E-state index is 15.0. The van der Waals surface area contributed by atoms with Crippen LogP contribution < -0.4 is 31.9 Å². The van der Waals surface area contributed by atoms with E-state index < -0.39 is 52.9 Å². The number of nitrogens with one attached hydrogen (secondary N) is 6. The van der Waals surface area contributed by atoms with Gasteiger partial charge in [-0.2, -0.15) is 0 Å². The zero-order valence-corrected chi connectivity index (χ0v) is 44.1. The molecule has 0 spiro atoms. The van der Waals surface area contributed by atoms with Crippen molar-refractivity contribution in [1.82, 2.24) is 36.4 Å². The number of hydrogen-bond acceptors (Lipinski definition) is 8. The Bertz CT molecular complexity index is 2530. The maximum atomic E-state index is 15.0. The fourth-order valence-electron chi connectivity index (χ4n) is 10.7. The number of fused-ring (bicyclic) bond motifs is 3. The van der Waals surface area contributed by atoms with Crippen molar-refractivity contribution >= 4 is 47.0 Å². The van der Waals surface area contributed by atoms with Gasteiger partial charge in [-0.15, -0.1) is 0 Å². The lowest BCUT2D eigenvalue weighted by atomic mass is 9.83. The van der Waals surface area contributed by atoms with Gasteiger partial charge in [-0.3, -0.25) is 33.6 Å². The monoisotopic (exact) mass is 987 g/mol. The molecule has 6 N–H and O–H groups in total. The summed E-state index contributed by atoms with van der Waals surface area (Å²) in [6.45, 7) is 16.7. The SMILES string of the molecule is CC[C@@H](C)C(=O)N[C@H](C(=O)N1Cc2cc(NC(=O)C3C[C@@H](C(=O)NC4CCCc5ccccc54)N(C(=O)[C@@H](NC(=O)[C@H](C)NC)C(C)(C)C)C3)ccc2C[C@H]1C(=O)NC1CCCc2ccccc21)C(C)(C)C. The molecule has 72 heavy (non-hydrogen) atoms. The van der Waals surface area contributed by atoms with E-state index in [0.29, 0.717) is 12.1 Å². The summed E-state index contributed by atoms with van der Waals surface area (Å²) in [6.07, 6.45) is 6.04. The van der Waals surface area contributed by atoms with Gasteiger partial charge in [-0.05, 0) is 122 Å². The lowest BCUT2D eigenvalue weighted by molar-refractivity contribution is -0.147. The van der Waals surface area contributed by atoms with Gasteiger partial charge in [-0.25, -0.2) is 0 Å². The fourth-order valence-corrected chi connectivity index (χ4v) is 10.7. The number of likely N-dealkylation sites (N-methyl/N-ethyl adjacent to an activating group) is 1. The van der Waals surface area contributed by atoms with Crippen molar-refractivity contribution in [2.45, 2.75) is 169 Å². The summed E-state index contributed by atoms with van der Waals surface area (Å²) in [5.41, 5.74) is 5.09. The number of benzene rings is 3. The summed E-state index contributed by atoms with van der Waals surface area (Å²) in [6, 6.07) is 16.8. The Morgan fingerprint density at radius 1 is 0.639 bits per heavy atom. The number of aryl methyl sites for hydroxylation is 2. The van der Waals surface area contributed by atoms with Crippen LogP contribution in [0.25, 0.3) is 0 Å². The predicted octanol–water partition coefficient (Wildman–Crippen LogP) is 6.20. The molecule has 15 nitrogen and oxygen atoms in total. The van der Waals surface area contributed by atoms with Gasteiger partial charge in [0.2, 0.25) is 41.4 Å². The number of likely N-dealkylation sites (tertiary alicyclic amines) is 1. The van der Waals surface area contributed by atoms with Crippen LogP contribution in [0.15, 0.2) is 66.7 Å². The molecule has 4 aliphatic rings. The molecule has 9 atom stereocenters. The molecule has 2 aliphatic carbocycles. The van der Waals surface area contributed by atoms with E-state index >= 15 is 0 Å². The lowest BCUT2D eigenvalue weighted by Gasteiger charge is -2.42. The van der Waals surface area contributed by atoms with Gasteiger partial charge >= 0.3 is 0 Å². The minimum atomic E-state index is -0.995. The second-order valence-electron chi connectivity index (χ2n) is 22.8. The van der Waals surface area contributed by atoms with E-state index in [2.05, 4.69) is 50.1 Å². The summed E-state index contributed by atoms with van der Waals surface area (Å²) >= 11 is 0. The van der Waals surface area contributed by atoms with Crippen LogP contribution in [0.1, 0.15) is 146 Å². The van der Waals surface area contributed by atoms with E-state index in [0.717, 1.165) is 60.8 Å². The van der Waals surface area contributed by atoms with Crippen LogP contribution in [0.5, 0.6) is 0 Å². The number of anilines is 1. The molecule has 7 amide bonds. The molecule has 2 heterocycles. The zero-order chi connectivity index (χ0) is 52.2. The number of carbonyl (C=O) groups is 7. The van der Waals surface area contributed by atoms with Crippen molar-refractivity contribution in [3.63, 3.8) is 0 Å². The first-order valence-electron chi connectivity index (χ1n) is 26.2. The topological polar surface area (TPSA) is 198 Å². The van der Waals surface area contributed by atoms with E-state index in [4.69, 9.17) is 0 Å². The minimum Gasteiger partial charge on any atom is -0.347 e. The Labute approximate surface area is 426 Å². The van der Waals surface area contributed by atoms with Crippen LogP contribution in [0.3, 0.4) is 0 Å². The van der Waals surface area contributed by atoms with E-state index in [1.165, 1.54) is 16.0 Å². The molecule has 3 aromatic carbocycles. The normalized spacial score (nSPS) is 22.4. The average Bonchev–Trinajstić information content (AvgIpc) is 3.81. The summed E-state index contributed by atoms with van der Waals surface area (Å²) in [5, 5.41) is 18.5. The number of nitrogens with zero attached hydrogens (tertiary/aromatic N) is 2. The molecular formula is C57H78N8O7. The van der Waals surface area contributed by atoms with Crippen molar-refractivity contribution in [1.29, 1.82) is 0 Å². The highest BCUT2D eigenvalue weighted by atomic mass is 16.2. The summed E-state index contributed by atoms with van der Waals surface area (Å²) < 4.78 is 0. The van der Waals surface area contributed by atoms with Crippen molar-refractivity contribution in [3.8, 4) is 0 Å². The Morgan fingerprint density at radius 3 is 1.71 bits per heavy atom. The highest BCUT2D eigenvalue weighted by Crippen LogP contribution is 2.36. The first-order chi connectivity index (χ1) is 34.1. The molecule has 0 bridgehead atoms. The van der Waals surface area contributed by atoms with Crippen LogP contribution in [-0.4, -0.2) is 95.0 Å². The third-order valence-corrected chi connectivity index (χ3v) is 15.5. The van der Waals surface area contributed by atoms with Crippen LogP contribution in [0.4, 0.5) is 5.69 Å². The smallest absolute Gasteiger partial charge is 0.246 e. The largest absolute Gasteiger partial charge is 0.347 e.